The SMILES string of the molecule is CCOC(O)Cc1ccc(Nc2ncc(F)c(-c3c[nH]c4c(NC(=O)[C@@H](COC)N5CCN(C)CC5)cccc34)n2)cn1. The molecule has 3 aromatic heterocycles. The fourth-order valence-electron chi connectivity index (χ4n) is 5.10. The number of para-hydroxylation sites is 1. The van der Waals surface area contributed by atoms with Crippen molar-refractivity contribution in [3.05, 3.63) is 60.4 Å². The molecule has 1 saturated heterocycles. The molecule has 1 amide bonds. The van der Waals surface area contributed by atoms with E-state index < -0.39 is 18.1 Å². The summed E-state index contributed by atoms with van der Waals surface area (Å²) in [6.45, 7) is 5.79. The maximum atomic E-state index is 15.1. The standard InChI is InChI=1S/C30H37FN8O4/c1-4-43-26(40)14-19-8-9-20(15-32-19)35-30-34-17-23(31)27(37-30)22-16-33-28-21(22)6-5-7-24(28)36-29(41)25(18-42-3)39-12-10-38(2)11-13-39/h5-9,15-17,25-26,33,40H,4,10-14,18H2,1-3H3,(H,36,41)(H,34,35,37)/t25-,26?/m1/s1. The highest BCUT2D eigenvalue weighted by Gasteiger charge is 2.29. The quantitative estimate of drug-likeness (QED) is 0.182. The average molecular weight is 593 g/mol. The first-order valence-electron chi connectivity index (χ1n) is 14.2. The lowest BCUT2D eigenvalue weighted by molar-refractivity contribution is -0.124. The lowest BCUT2D eigenvalue weighted by Gasteiger charge is -2.36. The number of aliphatic hydroxyl groups excluding tert-OH is 1. The van der Waals surface area contributed by atoms with E-state index in [9.17, 15) is 9.90 Å². The largest absolute Gasteiger partial charge is 0.383 e. The van der Waals surface area contributed by atoms with Crippen LogP contribution in [0.4, 0.5) is 21.7 Å². The van der Waals surface area contributed by atoms with Gasteiger partial charge in [-0.15, -0.1) is 0 Å². The number of benzene rings is 1. The maximum Gasteiger partial charge on any atom is 0.244 e. The molecular formula is C30H37FN8O4. The van der Waals surface area contributed by atoms with Crippen LogP contribution in [0, 0.1) is 5.82 Å². The lowest BCUT2D eigenvalue weighted by Crippen LogP contribution is -2.54. The molecule has 0 radical (unpaired) electrons. The summed E-state index contributed by atoms with van der Waals surface area (Å²) in [6.07, 6.45) is 3.70. The fourth-order valence-corrected chi connectivity index (χ4v) is 5.10. The second-order valence-electron chi connectivity index (χ2n) is 10.4. The van der Waals surface area contributed by atoms with Crippen molar-refractivity contribution in [2.24, 2.45) is 0 Å². The fraction of sp³-hybridized carbons (Fsp3) is 0.400. The number of nitrogens with one attached hydrogen (secondary N) is 3. The number of carbonyl (C=O) groups excluding carboxylic acids is 1. The molecule has 13 heteroatoms. The van der Waals surface area contributed by atoms with Crippen molar-refractivity contribution in [2.45, 2.75) is 25.7 Å². The summed E-state index contributed by atoms with van der Waals surface area (Å²) in [4.78, 5) is 33.8. The minimum atomic E-state index is -0.923. The number of piperazine rings is 1. The van der Waals surface area contributed by atoms with Crippen LogP contribution in [0.2, 0.25) is 0 Å². The molecule has 1 aliphatic rings. The van der Waals surface area contributed by atoms with Crippen LogP contribution in [0.5, 0.6) is 0 Å². The van der Waals surface area contributed by atoms with Crippen molar-refractivity contribution < 1.29 is 23.8 Å². The van der Waals surface area contributed by atoms with E-state index in [1.165, 1.54) is 0 Å². The highest BCUT2D eigenvalue weighted by atomic mass is 19.1. The highest BCUT2D eigenvalue weighted by molar-refractivity contribution is 6.06. The van der Waals surface area contributed by atoms with Crippen LogP contribution in [0.25, 0.3) is 22.2 Å². The molecule has 1 aliphatic heterocycles. The third-order valence-corrected chi connectivity index (χ3v) is 7.40. The van der Waals surface area contributed by atoms with Crippen molar-refractivity contribution in [1.82, 2.24) is 29.7 Å². The van der Waals surface area contributed by atoms with Gasteiger partial charge in [-0.3, -0.25) is 14.7 Å². The molecule has 0 saturated carbocycles. The van der Waals surface area contributed by atoms with Gasteiger partial charge in [0.25, 0.3) is 0 Å². The number of likely N-dealkylation sites (N-methyl/N-ethyl adjacent to an activating group) is 1. The van der Waals surface area contributed by atoms with Gasteiger partial charge in [-0.05, 0) is 32.2 Å². The molecule has 5 rings (SSSR count). The number of H-pyrrole nitrogens is 1. The first-order chi connectivity index (χ1) is 20.9. The van der Waals surface area contributed by atoms with Crippen LogP contribution in [-0.2, 0) is 20.7 Å². The van der Waals surface area contributed by atoms with Crippen molar-refractivity contribution >= 4 is 34.1 Å². The molecule has 0 aliphatic carbocycles. The topological polar surface area (TPSA) is 141 Å². The van der Waals surface area contributed by atoms with E-state index in [0.717, 1.165) is 32.4 Å². The molecule has 2 atom stereocenters. The number of fused-ring (bicyclic) bond motifs is 1. The molecule has 4 N–H and O–H groups in total. The lowest BCUT2D eigenvalue weighted by atomic mass is 10.1. The monoisotopic (exact) mass is 592 g/mol. The predicted octanol–water partition coefficient (Wildman–Crippen LogP) is 3.00. The van der Waals surface area contributed by atoms with Gasteiger partial charge in [-0.2, -0.15) is 0 Å². The van der Waals surface area contributed by atoms with Gasteiger partial charge in [0.1, 0.15) is 11.7 Å². The van der Waals surface area contributed by atoms with Crippen molar-refractivity contribution in [3.63, 3.8) is 0 Å². The minimum Gasteiger partial charge on any atom is -0.383 e. The number of hydrogen-bond acceptors (Lipinski definition) is 10. The number of nitrogens with zero attached hydrogens (tertiary/aromatic N) is 5. The Hall–Kier alpha value is -4.01. The van der Waals surface area contributed by atoms with Crippen LogP contribution in [0.3, 0.4) is 0 Å². The molecule has 4 aromatic rings. The molecule has 12 nitrogen and oxygen atoms in total. The number of aromatic nitrogens is 4. The molecule has 0 spiro atoms. The maximum absolute atomic E-state index is 15.1. The molecule has 228 valence electrons. The van der Waals surface area contributed by atoms with Gasteiger partial charge in [0.2, 0.25) is 11.9 Å². The Morgan fingerprint density at radius 1 is 1.16 bits per heavy atom. The summed E-state index contributed by atoms with van der Waals surface area (Å²) in [6, 6.07) is 8.55. The van der Waals surface area contributed by atoms with Crippen molar-refractivity contribution in [3.8, 4) is 11.3 Å². The molecular weight excluding hydrogens is 555 g/mol. The van der Waals surface area contributed by atoms with Crippen molar-refractivity contribution in [2.75, 3.05) is 64.2 Å². The summed E-state index contributed by atoms with van der Waals surface area (Å²) in [7, 11) is 3.66. The van der Waals surface area contributed by atoms with E-state index in [1.54, 1.807) is 31.6 Å². The van der Waals surface area contributed by atoms with Gasteiger partial charge in [-0.25, -0.2) is 14.4 Å². The zero-order valence-corrected chi connectivity index (χ0v) is 24.5. The number of hydrogen-bond donors (Lipinski definition) is 4. The third-order valence-electron chi connectivity index (χ3n) is 7.40. The molecule has 1 aromatic carbocycles. The van der Waals surface area contributed by atoms with E-state index in [0.29, 0.717) is 40.1 Å². The number of anilines is 3. The molecule has 4 heterocycles. The van der Waals surface area contributed by atoms with Gasteiger partial charge in [-0.1, -0.05) is 12.1 Å². The van der Waals surface area contributed by atoms with E-state index in [-0.39, 0.29) is 30.6 Å². The number of rotatable bonds is 12. The Balaban J connectivity index is 1.34. The smallest absolute Gasteiger partial charge is 0.244 e. The average Bonchev–Trinajstić information content (AvgIpc) is 3.43. The van der Waals surface area contributed by atoms with Gasteiger partial charge >= 0.3 is 0 Å². The van der Waals surface area contributed by atoms with Crippen LogP contribution in [0.1, 0.15) is 12.6 Å². The molecule has 1 fully saturated rings. The zero-order valence-electron chi connectivity index (χ0n) is 24.5. The van der Waals surface area contributed by atoms with E-state index in [2.05, 4.69) is 47.4 Å². The summed E-state index contributed by atoms with van der Waals surface area (Å²) in [5.74, 6) is -0.565. The Morgan fingerprint density at radius 2 is 1.98 bits per heavy atom. The summed E-state index contributed by atoms with van der Waals surface area (Å²) in [5.41, 5.74) is 3.12. The predicted molar refractivity (Wildman–Crippen MR) is 162 cm³/mol. The van der Waals surface area contributed by atoms with Gasteiger partial charge < -0.3 is 35.1 Å². The Bertz CT molecular complexity index is 1520. The van der Waals surface area contributed by atoms with Crippen LogP contribution in [0.15, 0.2) is 48.9 Å². The Morgan fingerprint density at radius 3 is 2.70 bits per heavy atom. The number of halogens is 1. The van der Waals surface area contributed by atoms with Gasteiger partial charge in [0, 0.05) is 69.2 Å². The highest BCUT2D eigenvalue weighted by Crippen LogP contribution is 2.33. The third kappa shape index (κ3) is 7.32. The summed E-state index contributed by atoms with van der Waals surface area (Å²) < 4.78 is 25.6. The number of aromatic amines is 1. The summed E-state index contributed by atoms with van der Waals surface area (Å²) >= 11 is 0. The van der Waals surface area contributed by atoms with Gasteiger partial charge in [0.05, 0.1) is 35.9 Å². The normalized spacial score (nSPS) is 15.8. The zero-order chi connectivity index (χ0) is 30.3. The Labute approximate surface area is 249 Å². The van der Waals surface area contributed by atoms with E-state index >= 15 is 4.39 Å². The molecule has 43 heavy (non-hydrogen) atoms. The van der Waals surface area contributed by atoms with Gasteiger partial charge in [0.15, 0.2) is 12.1 Å². The first kappa shape index (κ1) is 30.4. The van der Waals surface area contributed by atoms with Crippen molar-refractivity contribution in [1.29, 1.82) is 0 Å². The number of pyridine rings is 1. The summed E-state index contributed by atoms with van der Waals surface area (Å²) in [5, 5.41) is 16.6. The Kier molecular flexibility index (Phi) is 9.89. The van der Waals surface area contributed by atoms with Crippen LogP contribution in [-0.4, -0.2) is 107 Å². The number of amides is 1. The first-order valence-corrected chi connectivity index (χ1v) is 14.2. The number of aliphatic hydroxyl groups is 1. The minimum absolute atomic E-state index is 0.103. The number of carbonyl (C=O) groups is 1. The van der Waals surface area contributed by atoms with E-state index in [4.69, 9.17) is 9.47 Å². The molecule has 0 bridgehead atoms. The van der Waals surface area contributed by atoms with E-state index in [1.807, 2.05) is 25.1 Å². The second kappa shape index (κ2) is 14.0. The van der Waals surface area contributed by atoms with Crippen LogP contribution < -0.4 is 10.6 Å². The molecule has 1 unspecified atom stereocenters. The second-order valence-corrected chi connectivity index (χ2v) is 10.4. The van der Waals surface area contributed by atoms with Crippen LogP contribution >= 0.6 is 0 Å². The number of methoxy groups -OCH3 is 1. The number of ether oxygens (including phenoxy) is 2.